The van der Waals surface area contributed by atoms with E-state index in [4.69, 9.17) is 4.74 Å². The van der Waals surface area contributed by atoms with Crippen molar-refractivity contribution < 1.29 is 18.3 Å². The topological polar surface area (TPSA) is 94.5 Å². The highest BCUT2D eigenvalue weighted by atomic mass is 32.2. The lowest BCUT2D eigenvalue weighted by molar-refractivity contribution is 0.0488. The van der Waals surface area contributed by atoms with E-state index in [-0.39, 0.29) is 11.5 Å². The van der Waals surface area contributed by atoms with Gasteiger partial charge in [0.25, 0.3) is 10.0 Å². The van der Waals surface area contributed by atoms with Gasteiger partial charge in [0.15, 0.2) is 0 Å². The monoisotopic (exact) mass is 430 g/mol. The van der Waals surface area contributed by atoms with Crippen LogP contribution in [0.2, 0.25) is 0 Å². The summed E-state index contributed by atoms with van der Waals surface area (Å²) in [5.41, 5.74) is 0.572. The SMILES string of the molecule is O=S1(=O)N=C(CN2CCN(CC(O)COc3ccccc3)CC2)Nc2ccccc21. The van der Waals surface area contributed by atoms with Gasteiger partial charge in [-0.15, -0.1) is 4.40 Å². The molecule has 0 spiro atoms. The van der Waals surface area contributed by atoms with E-state index < -0.39 is 16.1 Å². The second-order valence-corrected chi connectivity index (χ2v) is 9.06. The van der Waals surface area contributed by atoms with Crippen LogP contribution in [-0.4, -0.2) is 81.1 Å². The van der Waals surface area contributed by atoms with Crippen molar-refractivity contribution in [2.24, 2.45) is 4.40 Å². The number of nitrogens with one attached hydrogen (secondary N) is 1. The Morgan fingerprint density at radius 3 is 2.43 bits per heavy atom. The first-order valence-electron chi connectivity index (χ1n) is 10.0. The molecule has 9 heteroatoms. The fourth-order valence-electron chi connectivity index (χ4n) is 3.64. The zero-order chi connectivity index (χ0) is 21.0. The van der Waals surface area contributed by atoms with Crippen LogP contribution in [0.15, 0.2) is 63.9 Å². The molecular weight excluding hydrogens is 404 g/mol. The summed E-state index contributed by atoms with van der Waals surface area (Å²) in [6, 6.07) is 16.3. The number of benzene rings is 2. The Hall–Kier alpha value is -2.46. The molecule has 0 aromatic heterocycles. The van der Waals surface area contributed by atoms with Crippen LogP contribution in [0.4, 0.5) is 5.69 Å². The van der Waals surface area contributed by atoms with Crippen molar-refractivity contribution >= 4 is 21.5 Å². The van der Waals surface area contributed by atoms with Crippen molar-refractivity contribution in [3.05, 3.63) is 54.6 Å². The van der Waals surface area contributed by atoms with Crippen molar-refractivity contribution in [2.75, 3.05) is 51.2 Å². The first kappa shape index (κ1) is 20.8. The number of fused-ring (bicyclic) bond motifs is 1. The van der Waals surface area contributed by atoms with Crippen LogP contribution < -0.4 is 10.1 Å². The van der Waals surface area contributed by atoms with Crippen molar-refractivity contribution in [2.45, 2.75) is 11.0 Å². The van der Waals surface area contributed by atoms with E-state index in [1.54, 1.807) is 24.3 Å². The number of sulfonamides is 1. The predicted octanol–water partition coefficient (Wildman–Crippen LogP) is 1.26. The molecule has 0 radical (unpaired) electrons. The predicted molar refractivity (Wildman–Crippen MR) is 116 cm³/mol. The molecule has 2 aliphatic rings. The van der Waals surface area contributed by atoms with E-state index in [9.17, 15) is 13.5 Å². The maximum Gasteiger partial charge on any atom is 0.286 e. The Kier molecular flexibility index (Phi) is 6.33. The van der Waals surface area contributed by atoms with Crippen LogP contribution in [-0.2, 0) is 10.0 Å². The highest BCUT2D eigenvalue weighted by molar-refractivity contribution is 7.90. The van der Waals surface area contributed by atoms with Gasteiger partial charge in [-0.25, -0.2) is 0 Å². The van der Waals surface area contributed by atoms with Crippen LogP contribution in [0.25, 0.3) is 0 Å². The first-order valence-corrected chi connectivity index (χ1v) is 11.4. The van der Waals surface area contributed by atoms with Crippen LogP contribution in [0.5, 0.6) is 5.75 Å². The summed E-state index contributed by atoms with van der Waals surface area (Å²) in [5.74, 6) is 1.19. The van der Waals surface area contributed by atoms with Crippen molar-refractivity contribution in [3.8, 4) is 5.75 Å². The average molecular weight is 431 g/mol. The van der Waals surface area contributed by atoms with Crippen molar-refractivity contribution in [1.82, 2.24) is 9.80 Å². The standard InChI is InChI=1S/C21H26N4O4S/c26-17(16-29-18-6-2-1-3-7-18)14-24-10-12-25(13-11-24)15-21-22-19-8-4-5-9-20(19)30(27,28)23-21/h1-9,17,26H,10-16H2,(H,22,23). The number of hydrogen-bond donors (Lipinski definition) is 2. The lowest BCUT2D eigenvalue weighted by Gasteiger charge is -2.36. The van der Waals surface area contributed by atoms with E-state index >= 15 is 0 Å². The number of aliphatic hydroxyl groups excluding tert-OH is 1. The third kappa shape index (κ3) is 5.17. The molecule has 4 rings (SSSR count). The second-order valence-electron chi connectivity index (χ2n) is 7.49. The minimum absolute atomic E-state index is 0.213. The van der Waals surface area contributed by atoms with Gasteiger partial charge in [-0.05, 0) is 24.3 Å². The number of anilines is 1. The molecule has 2 aliphatic heterocycles. The highest BCUT2D eigenvalue weighted by Crippen LogP contribution is 2.26. The van der Waals surface area contributed by atoms with Gasteiger partial charge >= 0.3 is 0 Å². The van der Waals surface area contributed by atoms with Crippen LogP contribution >= 0.6 is 0 Å². The maximum absolute atomic E-state index is 12.4. The number of ether oxygens (including phenoxy) is 1. The summed E-state index contributed by atoms with van der Waals surface area (Å²) >= 11 is 0. The number of piperazine rings is 1. The number of para-hydroxylation sites is 2. The molecule has 0 saturated carbocycles. The smallest absolute Gasteiger partial charge is 0.286 e. The zero-order valence-electron chi connectivity index (χ0n) is 16.6. The molecule has 2 aromatic carbocycles. The molecule has 0 bridgehead atoms. The molecule has 8 nitrogen and oxygen atoms in total. The molecule has 0 aliphatic carbocycles. The van der Waals surface area contributed by atoms with Crippen LogP contribution in [0.3, 0.4) is 0 Å². The summed E-state index contributed by atoms with van der Waals surface area (Å²) in [4.78, 5) is 4.57. The van der Waals surface area contributed by atoms with Gasteiger partial charge in [-0.3, -0.25) is 9.80 Å². The fourth-order valence-corrected chi connectivity index (χ4v) is 4.78. The average Bonchev–Trinajstić information content (AvgIpc) is 2.74. The lowest BCUT2D eigenvalue weighted by Crippen LogP contribution is -2.51. The molecule has 2 N–H and O–H groups in total. The molecule has 160 valence electrons. The number of nitrogens with zero attached hydrogens (tertiary/aromatic N) is 3. The van der Waals surface area contributed by atoms with Gasteiger partial charge in [0.1, 0.15) is 29.2 Å². The summed E-state index contributed by atoms with van der Waals surface area (Å²) in [6.45, 7) is 4.37. The van der Waals surface area contributed by atoms with Gasteiger partial charge in [0, 0.05) is 32.7 Å². The minimum Gasteiger partial charge on any atom is -0.491 e. The Bertz CT molecular complexity index is 989. The quantitative estimate of drug-likeness (QED) is 0.683. The Morgan fingerprint density at radius 1 is 1.00 bits per heavy atom. The number of hydrogen-bond acceptors (Lipinski definition) is 7. The Morgan fingerprint density at radius 2 is 1.67 bits per heavy atom. The summed E-state index contributed by atoms with van der Waals surface area (Å²) in [7, 11) is -3.66. The van der Waals surface area contributed by atoms with Crippen LogP contribution in [0, 0.1) is 0 Å². The third-order valence-corrected chi connectivity index (χ3v) is 6.54. The van der Waals surface area contributed by atoms with Gasteiger partial charge in [0.2, 0.25) is 0 Å². The summed E-state index contributed by atoms with van der Waals surface area (Å²) in [5, 5.41) is 13.4. The number of aliphatic hydroxyl groups is 1. The summed E-state index contributed by atoms with van der Waals surface area (Å²) in [6.07, 6.45) is -0.567. The van der Waals surface area contributed by atoms with Gasteiger partial charge in [-0.2, -0.15) is 8.42 Å². The molecule has 1 fully saturated rings. The van der Waals surface area contributed by atoms with E-state index in [1.807, 2.05) is 30.3 Å². The van der Waals surface area contributed by atoms with Crippen molar-refractivity contribution in [1.29, 1.82) is 0 Å². The molecule has 1 atom stereocenters. The lowest BCUT2D eigenvalue weighted by atomic mass is 10.2. The number of amidine groups is 1. The van der Waals surface area contributed by atoms with Crippen molar-refractivity contribution in [3.63, 3.8) is 0 Å². The van der Waals surface area contributed by atoms with E-state index in [1.165, 1.54) is 0 Å². The van der Waals surface area contributed by atoms with E-state index in [0.29, 0.717) is 24.6 Å². The zero-order valence-corrected chi connectivity index (χ0v) is 17.5. The Labute approximate surface area is 176 Å². The minimum atomic E-state index is -3.66. The molecule has 0 amide bonds. The summed E-state index contributed by atoms with van der Waals surface area (Å²) < 4.78 is 34.3. The van der Waals surface area contributed by atoms with E-state index in [2.05, 4.69) is 19.5 Å². The fraction of sp³-hybridized carbons (Fsp3) is 0.381. The molecule has 1 unspecified atom stereocenters. The van der Waals surface area contributed by atoms with Gasteiger partial charge in [-0.1, -0.05) is 30.3 Å². The maximum atomic E-state index is 12.4. The second kappa shape index (κ2) is 9.13. The molecular formula is C21H26N4O4S. The van der Waals surface area contributed by atoms with Crippen LogP contribution in [0.1, 0.15) is 0 Å². The normalized spacial score (nSPS) is 20.0. The molecule has 30 heavy (non-hydrogen) atoms. The number of rotatable bonds is 7. The largest absolute Gasteiger partial charge is 0.491 e. The van der Waals surface area contributed by atoms with Gasteiger partial charge in [0.05, 0.1) is 12.2 Å². The van der Waals surface area contributed by atoms with E-state index in [0.717, 1.165) is 31.9 Å². The third-order valence-electron chi connectivity index (χ3n) is 5.17. The molecule has 2 aromatic rings. The molecule has 2 heterocycles. The number of β-amino-alcohol motifs (C(OH)–C–C–N with tert-alkyl or cyclic N) is 1. The van der Waals surface area contributed by atoms with Gasteiger partial charge < -0.3 is 15.2 Å². The Balaban J connectivity index is 1.24. The first-order chi connectivity index (χ1) is 14.5. The highest BCUT2D eigenvalue weighted by Gasteiger charge is 2.26. The molecule has 1 saturated heterocycles.